The van der Waals surface area contributed by atoms with Crippen molar-refractivity contribution in [1.29, 1.82) is 0 Å². The van der Waals surface area contributed by atoms with Crippen molar-refractivity contribution in [2.24, 2.45) is 0 Å². The number of carbonyl (C=O) groups excluding carboxylic acids is 2. The van der Waals surface area contributed by atoms with Gasteiger partial charge in [0.1, 0.15) is 5.75 Å². The van der Waals surface area contributed by atoms with E-state index in [0.29, 0.717) is 24.4 Å². The minimum atomic E-state index is -0.240. The first kappa shape index (κ1) is 20.9. The van der Waals surface area contributed by atoms with Gasteiger partial charge in [-0.25, -0.2) is 0 Å². The van der Waals surface area contributed by atoms with Crippen LogP contribution in [0.2, 0.25) is 0 Å². The topological polar surface area (TPSA) is 49.9 Å². The Morgan fingerprint density at radius 1 is 0.906 bits per heavy atom. The predicted molar refractivity (Wildman–Crippen MR) is 128 cm³/mol. The second kappa shape index (κ2) is 8.51. The minimum absolute atomic E-state index is 0.0442. The summed E-state index contributed by atoms with van der Waals surface area (Å²) in [6, 6.07) is 21.3. The molecule has 2 aliphatic rings. The van der Waals surface area contributed by atoms with Crippen LogP contribution in [0.15, 0.2) is 66.7 Å². The van der Waals surface area contributed by atoms with Gasteiger partial charge in [0.15, 0.2) is 0 Å². The highest BCUT2D eigenvalue weighted by Crippen LogP contribution is 2.45. The number of nitrogens with zero attached hydrogens (tertiary/aromatic N) is 2. The number of benzene rings is 3. The Balaban J connectivity index is 1.33. The molecule has 2 amide bonds. The van der Waals surface area contributed by atoms with Gasteiger partial charge >= 0.3 is 0 Å². The molecule has 0 aromatic heterocycles. The summed E-state index contributed by atoms with van der Waals surface area (Å²) in [4.78, 5) is 30.4. The van der Waals surface area contributed by atoms with Crippen LogP contribution in [0.3, 0.4) is 0 Å². The van der Waals surface area contributed by atoms with Crippen molar-refractivity contribution in [1.82, 2.24) is 9.80 Å². The van der Waals surface area contributed by atoms with E-state index in [-0.39, 0.29) is 16.7 Å². The lowest BCUT2D eigenvalue weighted by molar-refractivity contribution is 0.0498. The van der Waals surface area contributed by atoms with E-state index in [1.807, 2.05) is 82.2 Å². The van der Waals surface area contributed by atoms with Crippen molar-refractivity contribution in [3.05, 3.63) is 77.9 Å². The van der Waals surface area contributed by atoms with Crippen molar-refractivity contribution < 1.29 is 14.3 Å². The van der Waals surface area contributed by atoms with Gasteiger partial charge in [-0.05, 0) is 47.9 Å². The first-order valence-electron chi connectivity index (χ1n) is 11.0. The standard InChI is InChI=1S/C26H26N2O3S/c1-31-21-9-4-8-20(18-21)24(29)28-16-17-32-26(28)12-14-27(15-13-26)25(30)23-11-5-7-19-6-2-3-10-22(19)23/h2-11,18H,12-17H2,1H3. The first-order chi connectivity index (χ1) is 15.6. The number of piperidine rings is 1. The number of likely N-dealkylation sites (tertiary alicyclic amines) is 1. The molecule has 0 N–H and O–H groups in total. The lowest BCUT2D eigenvalue weighted by Crippen LogP contribution is -2.53. The van der Waals surface area contributed by atoms with E-state index in [1.165, 1.54) is 0 Å². The molecule has 164 valence electrons. The summed E-state index contributed by atoms with van der Waals surface area (Å²) in [5.41, 5.74) is 1.41. The van der Waals surface area contributed by atoms with Crippen LogP contribution >= 0.6 is 11.8 Å². The van der Waals surface area contributed by atoms with Crippen molar-refractivity contribution >= 4 is 34.3 Å². The van der Waals surface area contributed by atoms with Gasteiger partial charge in [0.05, 0.1) is 12.0 Å². The quantitative estimate of drug-likeness (QED) is 0.587. The number of amides is 2. The maximum absolute atomic E-state index is 13.3. The van der Waals surface area contributed by atoms with Crippen LogP contribution in [0.4, 0.5) is 0 Å². The van der Waals surface area contributed by atoms with Crippen LogP contribution in [0.1, 0.15) is 33.6 Å². The average molecular weight is 447 g/mol. The summed E-state index contributed by atoms with van der Waals surface area (Å²) in [6.45, 7) is 2.03. The molecule has 2 heterocycles. The number of hydrogen-bond donors (Lipinski definition) is 0. The van der Waals surface area contributed by atoms with Crippen LogP contribution in [-0.4, -0.2) is 59.0 Å². The summed E-state index contributed by atoms with van der Waals surface area (Å²) in [5, 5.41) is 2.07. The molecule has 32 heavy (non-hydrogen) atoms. The van der Waals surface area contributed by atoms with Gasteiger partial charge < -0.3 is 14.5 Å². The van der Waals surface area contributed by atoms with E-state index in [2.05, 4.69) is 0 Å². The summed E-state index contributed by atoms with van der Waals surface area (Å²) in [7, 11) is 1.61. The third-order valence-electron chi connectivity index (χ3n) is 6.59. The van der Waals surface area contributed by atoms with Crippen LogP contribution in [-0.2, 0) is 0 Å². The largest absolute Gasteiger partial charge is 0.497 e. The van der Waals surface area contributed by atoms with Crippen LogP contribution < -0.4 is 4.74 Å². The van der Waals surface area contributed by atoms with Gasteiger partial charge in [-0.15, -0.1) is 11.8 Å². The smallest absolute Gasteiger partial charge is 0.255 e. The molecule has 5 rings (SSSR count). The van der Waals surface area contributed by atoms with Crippen molar-refractivity contribution in [2.45, 2.75) is 17.7 Å². The second-order valence-electron chi connectivity index (χ2n) is 8.30. The van der Waals surface area contributed by atoms with Gasteiger partial charge in [0, 0.05) is 36.5 Å². The number of thioether (sulfide) groups is 1. The van der Waals surface area contributed by atoms with Gasteiger partial charge in [-0.1, -0.05) is 42.5 Å². The molecule has 1 spiro atoms. The van der Waals surface area contributed by atoms with Gasteiger partial charge in [-0.3, -0.25) is 9.59 Å². The monoisotopic (exact) mass is 446 g/mol. The minimum Gasteiger partial charge on any atom is -0.497 e. The molecule has 0 saturated carbocycles. The van der Waals surface area contributed by atoms with Crippen molar-refractivity contribution in [3.63, 3.8) is 0 Å². The Bertz CT molecular complexity index is 1170. The SMILES string of the molecule is COc1cccc(C(=O)N2CCSC23CCN(C(=O)c2cccc4ccccc24)CC3)c1. The molecular formula is C26H26N2O3S. The van der Waals surface area contributed by atoms with E-state index in [9.17, 15) is 9.59 Å². The number of rotatable bonds is 3. The molecule has 5 nitrogen and oxygen atoms in total. The summed E-state index contributed by atoms with van der Waals surface area (Å²) in [6.07, 6.45) is 1.56. The number of fused-ring (bicyclic) bond motifs is 1. The number of ether oxygens (including phenoxy) is 1. The third kappa shape index (κ3) is 3.62. The van der Waals surface area contributed by atoms with E-state index >= 15 is 0 Å². The lowest BCUT2D eigenvalue weighted by Gasteiger charge is -2.44. The van der Waals surface area contributed by atoms with Gasteiger partial charge in [0.25, 0.3) is 11.8 Å². The van der Waals surface area contributed by atoms with E-state index in [4.69, 9.17) is 4.74 Å². The number of carbonyl (C=O) groups is 2. The van der Waals surface area contributed by atoms with E-state index in [1.54, 1.807) is 13.2 Å². The molecule has 0 unspecified atom stereocenters. The fourth-order valence-electron chi connectivity index (χ4n) is 4.86. The van der Waals surface area contributed by atoms with Crippen molar-refractivity contribution in [3.8, 4) is 5.75 Å². The second-order valence-corrected chi connectivity index (χ2v) is 9.76. The molecule has 0 atom stereocenters. The molecule has 2 saturated heterocycles. The fraction of sp³-hybridized carbons (Fsp3) is 0.308. The van der Waals surface area contributed by atoms with E-state index < -0.39 is 0 Å². The Hall–Kier alpha value is -2.99. The molecule has 3 aromatic rings. The molecule has 2 fully saturated rings. The van der Waals surface area contributed by atoms with Crippen LogP contribution in [0.5, 0.6) is 5.75 Å². The molecule has 0 aliphatic carbocycles. The third-order valence-corrected chi connectivity index (χ3v) is 8.14. The van der Waals surface area contributed by atoms with Gasteiger partial charge in [0.2, 0.25) is 0 Å². The summed E-state index contributed by atoms with van der Waals surface area (Å²) in [5.74, 6) is 1.73. The van der Waals surface area contributed by atoms with Crippen LogP contribution in [0, 0.1) is 0 Å². The Morgan fingerprint density at radius 3 is 2.47 bits per heavy atom. The molecule has 6 heteroatoms. The Morgan fingerprint density at radius 2 is 1.66 bits per heavy atom. The number of hydrogen-bond acceptors (Lipinski definition) is 4. The summed E-state index contributed by atoms with van der Waals surface area (Å²) >= 11 is 1.85. The maximum Gasteiger partial charge on any atom is 0.255 e. The van der Waals surface area contributed by atoms with Crippen LogP contribution in [0.25, 0.3) is 10.8 Å². The molecule has 0 radical (unpaired) electrons. The van der Waals surface area contributed by atoms with Gasteiger partial charge in [-0.2, -0.15) is 0 Å². The lowest BCUT2D eigenvalue weighted by atomic mass is 9.98. The first-order valence-corrected chi connectivity index (χ1v) is 12.0. The maximum atomic E-state index is 13.3. The number of methoxy groups -OCH3 is 1. The normalized spacial score (nSPS) is 17.7. The summed E-state index contributed by atoms with van der Waals surface area (Å²) < 4.78 is 5.30. The zero-order valence-electron chi connectivity index (χ0n) is 18.1. The molecule has 0 bridgehead atoms. The molecule has 3 aromatic carbocycles. The highest BCUT2D eigenvalue weighted by atomic mass is 32.2. The Labute approximate surface area is 192 Å². The van der Waals surface area contributed by atoms with Crippen molar-refractivity contribution in [2.75, 3.05) is 32.5 Å². The zero-order chi connectivity index (χ0) is 22.1. The molecular weight excluding hydrogens is 420 g/mol. The zero-order valence-corrected chi connectivity index (χ0v) is 18.9. The highest BCUT2D eigenvalue weighted by molar-refractivity contribution is 8.00. The molecule has 2 aliphatic heterocycles. The highest BCUT2D eigenvalue weighted by Gasteiger charge is 2.47. The fourth-order valence-corrected chi connectivity index (χ4v) is 6.32. The average Bonchev–Trinajstić information content (AvgIpc) is 3.26. The Kier molecular flexibility index (Phi) is 5.55. The van der Waals surface area contributed by atoms with E-state index in [0.717, 1.165) is 41.5 Å². The predicted octanol–water partition coefficient (Wildman–Crippen LogP) is 4.67.